The standard InChI is InChI=1S/C21H28N2O6S/c1-12(2)16(25)21(19(27)29-20(4,5)6)10-22-17(26)15(18(22)30-11-21)23(13(3)24)14-7-8-28-9-14/h7-9,12,15,18H,10-11H2,1-6H3/t15?,18-,21?/m1/s1. The van der Waals surface area contributed by atoms with Gasteiger partial charge in [-0.2, -0.15) is 0 Å². The van der Waals surface area contributed by atoms with Gasteiger partial charge in [-0.15, -0.1) is 11.8 Å². The number of thioether (sulfide) groups is 1. The summed E-state index contributed by atoms with van der Waals surface area (Å²) >= 11 is 1.33. The van der Waals surface area contributed by atoms with E-state index in [1.165, 1.54) is 41.0 Å². The molecule has 3 heterocycles. The van der Waals surface area contributed by atoms with Crippen LogP contribution < -0.4 is 4.90 Å². The van der Waals surface area contributed by atoms with Gasteiger partial charge in [0, 0.05) is 31.2 Å². The first-order chi connectivity index (χ1) is 13.9. The van der Waals surface area contributed by atoms with Crippen LogP contribution in [0, 0.1) is 11.3 Å². The summed E-state index contributed by atoms with van der Waals surface area (Å²) in [6, 6.07) is 0.925. The molecule has 0 spiro atoms. The first-order valence-electron chi connectivity index (χ1n) is 9.91. The number of carbonyl (C=O) groups excluding carboxylic acids is 4. The summed E-state index contributed by atoms with van der Waals surface area (Å²) < 4.78 is 10.7. The number of anilines is 1. The molecule has 2 fully saturated rings. The van der Waals surface area contributed by atoms with Gasteiger partial charge in [-0.3, -0.25) is 24.1 Å². The Morgan fingerprint density at radius 3 is 2.50 bits per heavy atom. The van der Waals surface area contributed by atoms with Gasteiger partial charge in [0.05, 0.1) is 12.0 Å². The molecule has 30 heavy (non-hydrogen) atoms. The van der Waals surface area contributed by atoms with Crippen LogP contribution in [0.15, 0.2) is 23.0 Å². The number of carbonyl (C=O) groups is 4. The van der Waals surface area contributed by atoms with Crippen molar-refractivity contribution in [1.29, 1.82) is 0 Å². The van der Waals surface area contributed by atoms with Gasteiger partial charge in [0.1, 0.15) is 23.3 Å². The van der Waals surface area contributed by atoms with Crippen molar-refractivity contribution in [2.24, 2.45) is 11.3 Å². The number of furan rings is 1. The van der Waals surface area contributed by atoms with E-state index < -0.39 is 23.0 Å². The van der Waals surface area contributed by atoms with E-state index in [9.17, 15) is 19.2 Å². The van der Waals surface area contributed by atoms with E-state index in [1.807, 2.05) is 0 Å². The Morgan fingerprint density at radius 2 is 2.00 bits per heavy atom. The van der Waals surface area contributed by atoms with Crippen molar-refractivity contribution < 1.29 is 28.3 Å². The molecule has 0 aliphatic carbocycles. The van der Waals surface area contributed by atoms with Crippen LogP contribution in [0.5, 0.6) is 0 Å². The average molecular weight is 437 g/mol. The molecular weight excluding hydrogens is 408 g/mol. The van der Waals surface area contributed by atoms with Crippen LogP contribution in [0.4, 0.5) is 5.69 Å². The number of esters is 1. The Kier molecular flexibility index (Phi) is 5.79. The molecule has 9 heteroatoms. The topological polar surface area (TPSA) is 97.1 Å². The van der Waals surface area contributed by atoms with Crippen LogP contribution in [0.1, 0.15) is 41.5 Å². The minimum atomic E-state index is -1.42. The van der Waals surface area contributed by atoms with E-state index in [-0.39, 0.29) is 41.2 Å². The summed E-state index contributed by atoms with van der Waals surface area (Å²) in [7, 11) is 0. The molecule has 164 valence electrons. The predicted molar refractivity (Wildman–Crippen MR) is 112 cm³/mol. The lowest BCUT2D eigenvalue weighted by atomic mass is 9.78. The highest BCUT2D eigenvalue weighted by Gasteiger charge is 2.62. The molecule has 0 saturated carbocycles. The maximum absolute atomic E-state index is 13.1. The highest BCUT2D eigenvalue weighted by Crippen LogP contribution is 2.46. The van der Waals surface area contributed by atoms with Gasteiger partial charge in [0.25, 0.3) is 0 Å². The smallest absolute Gasteiger partial charge is 0.322 e. The van der Waals surface area contributed by atoms with Crippen molar-refractivity contribution in [3.8, 4) is 0 Å². The second kappa shape index (κ2) is 7.76. The SMILES string of the molecule is CC(=O)N(c1ccoc1)C1C(=O)N2CC(C(=O)OC(C)(C)C)(C(=O)C(C)C)CS[C@H]12. The second-order valence-corrected chi connectivity index (χ2v) is 10.2. The second-order valence-electron chi connectivity index (χ2n) is 9.09. The zero-order valence-electron chi connectivity index (χ0n) is 18.1. The van der Waals surface area contributed by atoms with Crippen LogP contribution in [0.3, 0.4) is 0 Å². The number of amides is 2. The molecular formula is C21H28N2O6S. The summed E-state index contributed by atoms with van der Waals surface area (Å²) in [5, 5.41) is -0.341. The molecule has 3 atom stereocenters. The summed E-state index contributed by atoms with van der Waals surface area (Å²) in [6.07, 6.45) is 2.85. The van der Waals surface area contributed by atoms with Gasteiger partial charge < -0.3 is 14.1 Å². The Bertz CT molecular complexity index is 859. The van der Waals surface area contributed by atoms with Crippen LogP contribution in [0.25, 0.3) is 0 Å². The molecule has 8 nitrogen and oxygen atoms in total. The zero-order chi connectivity index (χ0) is 22.4. The number of hydrogen-bond acceptors (Lipinski definition) is 7. The molecule has 0 N–H and O–H groups in total. The lowest BCUT2D eigenvalue weighted by Gasteiger charge is -2.56. The highest BCUT2D eigenvalue weighted by molar-refractivity contribution is 8.00. The van der Waals surface area contributed by atoms with Gasteiger partial charge in [-0.1, -0.05) is 13.8 Å². The Morgan fingerprint density at radius 1 is 1.33 bits per heavy atom. The van der Waals surface area contributed by atoms with Crippen molar-refractivity contribution in [1.82, 2.24) is 4.90 Å². The van der Waals surface area contributed by atoms with Crippen LogP contribution in [0.2, 0.25) is 0 Å². The molecule has 0 aromatic carbocycles. The van der Waals surface area contributed by atoms with Crippen molar-refractivity contribution in [3.05, 3.63) is 18.6 Å². The zero-order valence-corrected chi connectivity index (χ0v) is 18.9. The van der Waals surface area contributed by atoms with E-state index >= 15 is 0 Å². The fourth-order valence-electron chi connectivity index (χ4n) is 3.89. The minimum absolute atomic E-state index is 0.0386. The average Bonchev–Trinajstić information content (AvgIpc) is 3.16. The molecule has 2 aliphatic heterocycles. The van der Waals surface area contributed by atoms with Crippen LogP contribution >= 0.6 is 11.8 Å². The Balaban J connectivity index is 1.88. The van der Waals surface area contributed by atoms with Crippen molar-refractivity contribution in [2.75, 3.05) is 17.2 Å². The van der Waals surface area contributed by atoms with Gasteiger partial charge >= 0.3 is 5.97 Å². The maximum Gasteiger partial charge on any atom is 0.322 e. The third kappa shape index (κ3) is 3.75. The van der Waals surface area contributed by atoms with Gasteiger partial charge in [-0.05, 0) is 20.8 Å². The number of fused-ring (bicyclic) bond motifs is 1. The first-order valence-corrected chi connectivity index (χ1v) is 11.0. The molecule has 2 aliphatic rings. The van der Waals surface area contributed by atoms with Gasteiger partial charge in [-0.25, -0.2) is 0 Å². The van der Waals surface area contributed by atoms with Crippen molar-refractivity contribution >= 4 is 41.0 Å². The van der Waals surface area contributed by atoms with Gasteiger partial charge in [0.2, 0.25) is 11.8 Å². The summed E-state index contributed by atoms with van der Waals surface area (Å²) in [5.41, 5.74) is -1.67. The highest BCUT2D eigenvalue weighted by atomic mass is 32.2. The van der Waals surface area contributed by atoms with Crippen LogP contribution in [-0.4, -0.2) is 57.8 Å². The molecule has 1 aromatic heterocycles. The lowest BCUT2D eigenvalue weighted by Crippen LogP contribution is -2.75. The minimum Gasteiger partial charge on any atom is -0.470 e. The number of nitrogens with zero attached hydrogens (tertiary/aromatic N) is 2. The molecule has 2 unspecified atom stereocenters. The normalized spacial score (nSPS) is 26.1. The number of β-lactam (4-membered cyclic amide) rings is 1. The monoisotopic (exact) mass is 436 g/mol. The number of ketones is 1. The van der Waals surface area contributed by atoms with Crippen LogP contribution in [-0.2, 0) is 23.9 Å². The number of hydrogen-bond donors (Lipinski definition) is 0. The Hall–Kier alpha value is -2.29. The number of Topliss-reactive ketones (excluding diaryl/α,β-unsaturated/α-hetero) is 1. The lowest BCUT2D eigenvalue weighted by molar-refractivity contribution is -0.174. The molecule has 0 bridgehead atoms. The van der Waals surface area contributed by atoms with E-state index in [1.54, 1.807) is 40.7 Å². The first kappa shape index (κ1) is 22.4. The Labute approximate surface area is 180 Å². The molecule has 0 radical (unpaired) electrons. The van der Waals surface area contributed by atoms with Gasteiger partial charge in [0.15, 0.2) is 11.2 Å². The summed E-state index contributed by atoms with van der Waals surface area (Å²) in [6.45, 7) is 10.1. The molecule has 2 saturated heterocycles. The third-order valence-electron chi connectivity index (χ3n) is 5.24. The molecule has 2 amide bonds. The van der Waals surface area contributed by atoms with E-state index in [0.29, 0.717) is 5.69 Å². The third-order valence-corrected chi connectivity index (χ3v) is 6.75. The molecule has 1 aromatic rings. The van der Waals surface area contributed by atoms with Crippen molar-refractivity contribution in [2.45, 2.75) is 58.6 Å². The number of rotatable bonds is 5. The van der Waals surface area contributed by atoms with E-state index in [4.69, 9.17) is 9.15 Å². The summed E-state index contributed by atoms with van der Waals surface area (Å²) in [5.74, 6) is -1.61. The number of ether oxygens (including phenoxy) is 1. The largest absolute Gasteiger partial charge is 0.470 e. The fourth-order valence-corrected chi connectivity index (χ4v) is 5.48. The summed E-state index contributed by atoms with van der Waals surface area (Å²) in [4.78, 5) is 54.4. The van der Waals surface area contributed by atoms with Crippen molar-refractivity contribution in [3.63, 3.8) is 0 Å². The maximum atomic E-state index is 13.1. The quantitative estimate of drug-likeness (QED) is 0.397. The predicted octanol–water partition coefficient (Wildman–Crippen LogP) is 2.47. The van der Waals surface area contributed by atoms with E-state index in [0.717, 1.165) is 0 Å². The van der Waals surface area contributed by atoms with E-state index in [2.05, 4.69) is 0 Å². The fraction of sp³-hybridized carbons (Fsp3) is 0.619. The molecule has 3 rings (SSSR count).